The maximum atomic E-state index is 10.3. The largest absolute Gasteiger partial charge is 0.389 e. The van der Waals surface area contributed by atoms with Gasteiger partial charge in [0.1, 0.15) is 11.6 Å². The second-order valence-electron chi connectivity index (χ2n) is 9.69. The molecule has 1 N–H and O–H groups in total. The first-order valence-electron chi connectivity index (χ1n) is 11.3. The number of aromatic nitrogens is 2. The van der Waals surface area contributed by atoms with Gasteiger partial charge >= 0.3 is 0 Å². The first kappa shape index (κ1) is 23.6. The van der Waals surface area contributed by atoms with Crippen LogP contribution in [0.4, 0.5) is 5.82 Å². The molecule has 1 saturated heterocycles. The average molecular weight is 427 g/mol. The lowest BCUT2D eigenvalue weighted by molar-refractivity contribution is -0.0563. The molecule has 0 aliphatic carbocycles. The van der Waals surface area contributed by atoms with Crippen LogP contribution in [0.15, 0.2) is 24.3 Å². The van der Waals surface area contributed by atoms with Crippen molar-refractivity contribution in [3.8, 4) is 0 Å². The lowest BCUT2D eigenvalue weighted by atomic mass is 10.0. The molecule has 1 aromatic carbocycles. The number of aryl methyl sites for hydroxylation is 3. The quantitative estimate of drug-likeness (QED) is 0.733. The SMILES string of the molecule is Cc1ccc(Cc2c(C)nc(C)nc2N2CCN(C[C@@H](O)COC(C)(C)C)CC2)cc1. The maximum Gasteiger partial charge on any atom is 0.136 e. The zero-order chi connectivity index (χ0) is 22.6. The molecular weight excluding hydrogens is 388 g/mol. The fourth-order valence-corrected chi connectivity index (χ4v) is 3.94. The van der Waals surface area contributed by atoms with Crippen molar-refractivity contribution in [2.75, 3.05) is 44.2 Å². The monoisotopic (exact) mass is 426 g/mol. The van der Waals surface area contributed by atoms with Gasteiger partial charge in [0.15, 0.2) is 0 Å². The minimum Gasteiger partial charge on any atom is -0.389 e. The van der Waals surface area contributed by atoms with E-state index in [9.17, 15) is 5.11 Å². The number of nitrogens with zero attached hydrogens (tertiary/aromatic N) is 4. The Labute approximate surface area is 187 Å². The van der Waals surface area contributed by atoms with Crippen LogP contribution >= 0.6 is 0 Å². The number of piperazine rings is 1. The molecule has 1 atom stereocenters. The fraction of sp³-hybridized carbons (Fsp3) is 0.600. The van der Waals surface area contributed by atoms with E-state index < -0.39 is 6.10 Å². The Balaban J connectivity index is 1.65. The first-order chi connectivity index (χ1) is 14.6. The average Bonchev–Trinajstić information content (AvgIpc) is 2.70. The van der Waals surface area contributed by atoms with E-state index in [2.05, 4.69) is 52.9 Å². The van der Waals surface area contributed by atoms with Crippen LogP contribution in [0.5, 0.6) is 0 Å². The van der Waals surface area contributed by atoms with Crippen molar-refractivity contribution in [2.24, 2.45) is 0 Å². The Morgan fingerprint density at radius 1 is 1.00 bits per heavy atom. The van der Waals surface area contributed by atoms with Gasteiger partial charge < -0.3 is 14.7 Å². The Morgan fingerprint density at radius 3 is 2.26 bits per heavy atom. The number of aliphatic hydroxyl groups is 1. The predicted molar refractivity (Wildman–Crippen MR) is 126 cm³/mol. The molecule has 0 spiro atoms. The van der Waals surface area contributed by atoms with Gasteiger partial charge in [0.05, 0.1) is 18.3 Å². The summed E-state index contributed by atoms with van der Waals surface area (Å²) in [5.41, 5.74) is 4.59. The molecular formula is C25H38N4O2. The second kappa shape index (κ2) is 10.1. The summed E-state index contributed by atoms with van der Waals surface area (Å²) in [5, 5.41) is 10.3. The van der Waals surface area contributed by atoms with E-state index in [0.29, 0.717) is 13.2 Å². The lowest BCUT2D eigenvalue weighted by Crippen LogP contribution is -2.50. The summed E-state index contributed by atoms with van der Waals surface area (Å²) < 4.78 is 5.73. The molecule has 31 heavy (non-hydrogen) atoms. The van der Waals surface area contributed by atoms with E-state index in [1.54, 1.807) is 0 Å². The number of hydrogen-bond acceptors (Lipinski definition) is 6. The van der Waals surface area contributed by atoms with Crippen LogP contribution in [0.3, 0.4) is 0 Å². The van der Waals surface area contributed by atoms with Gasteiger partial charge in [-0.1, -0.05) is 29.8 Å². The third-order valence-electron chi connectivity index (χ3n) is 5.65. The highest BCUT2D eigenvalue weighted by Gasteiger charge is 2.24. The number of aliphatic hydroxyl groups excluding tert-OH is 1. The first-order valence-corrected chi connectivity index (χ1v) is 11.3. The van der Waals surface area contributed by atoms with Crippen molar-refractivity contribution in [1.82, 2.24) is 14.9 Å². The van der Waals surface area contributed by atoms with E-state index in [0.717, 1.165) is 49.9 Å². The molecule has 2 aromatic rings. The van der Waals surface area contributed by atoms with Crippen LogP contribution in [0.1, 0.15) is 49.0 Å². The summed E-state index contributed by atoms with van der Waals surface area (Å²) in [6.45, 7) is 16.8. The Kier molecular flexibility index (Phi) is 7.68. The molecule has 1 aromatic heterocycles. The van der Waals surface area contributed by atoms with E-state index in [1.807, 2.05) is 27.7 Å². The van der Waals surface area contributed by atoms with Gasteiger partial charge in [-0.05, 0) is 47.1 Å². The minimum atomic E-state index is -0.466. The second-order valence-corrected chi connectivity index (χ2v) is 9.69. The van der Waals surface area contributed by atoms with Crippen molar-refractivity contribution in [1.29, 1.82) is 0 Å². The zero-order valence-corrected chi connectivity index (χ0v) is 20.0. The highest BCUT2D eigenvalue weighted by molar-refractivity contribution is 5.51. The standard InChI is InChI=1S/C25H38N4O2/c1-18-7-9-21(10-8-18)15-23-19(2)26-20(3)27-24(23)29-13-11-28(12-14-29)16-22(30)17-31-25(4,5)6/h7-10,22,30H,11-17H2,1-6H3/t22-/m1/s1. The highest BCUT2D eigenvalue weighted by atomic mass is 16.5. The van der Waals surface area contributed by atoms with E-state index in [-0.39, 0.29) is 5.60 Å². The topological polar surface area (TPSA) is 61.7 Å². The molecule has 0 radical (unpaired) electrons. The minimum absolute atomic E-state index is 0.226. The summed E-state index contributed by atoms with van der Waals surface area (Å²) in [7, 11) is 0. The Morgan fingerprint density at radius 2 is 1.65 bits per heavy atom. The summed E-state index contributed by atoms with van der Waals surface area (Å²) >= 11 is 0. The number of β-amino-alcohol motifs (C(OH)–C–C–N with tert-alkyl or cyclic N) is 1. The predicted octanol–water partition coefficient (Wildman–Crippen LogP) is 3.29. The van der Waals surface area contributed by atoms with Gasteiger partial charge in [-0.3, -0.25) is 4.90 Å². The van der Waals surface area contributed by atoms with Crippen LogP contribution in [0.25, 0.3) is 0 Å². The molecule has 2 heterocycles. The van der Waals surface area contributed by atoms with Gasteiger partial charge in [0.25, 0.3) is 0 Å². The van der Waals surface area contributed by atoms with Gasteiger partial charge in [-0.2, -0.15) is 0 Å². The summed E-state index contributed by atoms with van der Waals surface area (Å²) in [6, 6.07) is 8.70. The summed E-state index contributed by atoms with van der Waals surface area (Å²) in [5.74, 6) is 1.87. The fourth-order valence-electron chi connectivity index (χ4n) is 3.94. The molecule has 1 aliphatic heterocycles. The number of ether oxygens (including phenoxy) is 1. The van der Waals surface area contributed by atoms with E-state index in [1.165, 1.54) is 16.7 Å². The number of benzene rings is 1. The lowest BCUT2D eigenvalue weighted by Gasteiger charge is -2.37. The molecule has 1 aliphatic rings. The normalized spacial score (nSPS) is 16.5. The van der Waals surface area contributed by atoms with Gasteiger partial charge in [-0.15, -0.1) is 0 Å². The molecule has 3 rings (SSSR count). The van der Waals surface area contributed by atoms with E-state index in [4.69, 9.17) is 9.72 Å². The third-order valence-corrected chi connectivity index (χ3v) is 5.65. The van der Waals surface area contributed by atoms with E-state index >= 15 is 0 Å². The third kappa shape index (κ3) is 6.99. The Bertz CT molecular complexity index is 853. The van der Waals surface area contributed by atoms with Crippen molar-refractivity contribution < 1.29 is 9.84 Å². The van der Waals surface area contributed by atoms with Crippen molar-refractivity contribution >= 4 is 5.82 Å². The summed E-state index contributed by atoms with van der Waals surface area (Å²) in [6.07, 6.45) is 0.372. The van der Waals surface area contributed by atoms with Gasteiger partial charge in [-0.25, -0.2) is 9.97 Å². The van der Waals surface area contributed by atoms with Crippen molar-refractivity contribution in [3.63, 3.8) is 0 Å². The van der Waals surface area contributed by atoms with Crippen molar-refractivity contribution in [3.05, 3.63) is 52.5 Å². The number of rotatable bonds is 7. The number of hydrogen-bond donors (Lipinski definition) is 1. The van der Waals surface area contributed by atoms with Crippen LogP contribution in [0.2, 0.25) is 0 Å². The molecule has 1 fully saturated rings. The van der Waals surface area contributed by atoms with Crippen LogP contribution in [0, 0.1) is 20.8 Å². The molecule has 6 heteroatoms. The maximum absolute atomic E-state index is 10.3. The molecule has 0 saturated carbocycles. The smallest absolute Gasteiger partial charge is 0.136 e. The highest BCUT2D eigenvalue weighted by Crippen LogP contribution is 2.25. The van der Waals surface area contributed by atoms with Gasteiger partial charge in [0, 0.05) is 50.4 Å². The number of anilines is 1. The zero-order valence-electron chi connectivity index (χ0n) is 20.0. The molecule has 6 nitrogen and oxygen atoms in total. The van der Waals surface area contributed by atoms with Crippen LogP contribution in [-0.2, 0) is 11.2 Å². The van der Waals surface area contributed by atoms with Crippen LogP contribution < -0.4 is 4.90 Å². The Hall–Kier alpha value is -2.02. The molecule has 0 amide bonds. The van der Waals surface area contributed by atoms with Gasteiger partial charge in [0.2, 0.25) is 0 Å². The molecule has 0 unspecified atom stereocenters. The molecule has 0 bridgehead atoms. The molecule has 170 valence electrons. The summed E-state index contributed by atoms with van der Waals surface area (Å²) in [4.78, 5) is 14.2. The van der Waals surface area contributed by atoms with Crippen molar-refractivity contribution in [2.45, 2.75) is 59.7 Å². The van der Waals surface area contributed by atoms with Crippen LogP contribution in [-0.4, -0.2) is 71.0 Å².